The van der Waals surface area contributed by atoms with Crippen molar-refractivity contribution in [1.29, 1.82) is 0 Å². The molecule has 1 aliphatic rings. The third kappa shape index (κ3) is 3.50. The second kappa shape index (κ2) is 6.78. The number of hydrogen-bond donors (Lipinski definition) is 1. The van der Waals surface area contributed by atoms with Crippen molar-refractivity contribution in [3.63, 3.8) is 0 Å². The Balaban J connectivity index is 1.99. The second-order valence-corrected chi connectivity index (χ2v) is 5.50. The molecule has 0 aromatic heterocycles. The Hall–Kier alpha value is -2.41. The quantitative estimate of drug-likeness (QED) is 0.648. The third-order valence-corrected chi connectivity index (χ3v) is 3.75. The lowest BCUT2D eigenvalue weighted by Crippen LogP contribution is -2.42. The van der Waals surface area contributed by atoms with Crippen LogP contribution in [0.1, 0.15) is 25.5 Å². The van der Waals surface area contributed by atoms with Gasteiger partial charge >= 0.3 is 17.8 Å². The Kier molecular flexibility index (Phi) is 5.00. The molecule has 1 aliphatic heterocycles. The maximum atomic E-state index is 12.0. The van der Waals surface area contributed by atoms with E-state index in [1.165, 1.54) is 0 Å². The van der Waals surface area contributed by atoms with E-state index in [1.54, 1.807) is 38.1 Å². The van der Waals surface area contributed by atoms with Crippen molar-refractivity contribution in [2.24, 2.45) is 0 Å². The SMILES string of the molecule is CCN1C(=O)C(=O)N(CC(=O)N[C@H](C)c2ccc(Cl)cc2)C1=O. The molecule has 1 aromatic rings. The molecule has 0 unspecified atom stereocenters. The Morgan fingerprint density at radius 3 is 2.22 bits per heavy atom. The second-order valence-electron chi connectivity index (χ2n) is 5.06. The summed E-state index contributed by atoms with van der Waals surface area (Å²) in [4.78, 5) is 48.7. The van der Waals surface area contributed by atoms with Crippen LogP contribution in [0.5, 0.6) is 0 Å². The minimum atomic E-state index is -0.980. The first-order chi connectivity index (χ1) is 10.8. The molecule has 1 heterocycles. The number of rotatable bonds is 5. The molecular weight excluding hydrogens is 322 g/mol. The average molecular weight is 338 g/mol. The number of halogens is 1. The van der Waals surface area contributed by atoms with E-state index in [2.05, 4.69) is 5.32 Å². The average Bonchev–Trinajstić information content (AvgIpc) is 2.71. The summed E-state index contributed by atoms with van der Waals surface area (Å²) in [6.07, 6.45) is 0. The molecule has 122 valence electrons. The normalized spacial score (nSPS) is 16.0. The van der Waals surface area contributed by atoms with Gasteiger partial charge in [-0.2, -0.15) is 0 Å². The minimum Gasteiger partial charge on any atom is -0.348 e. The Morgan fingerprint density at radius 2 is 1.70 bits per heavy atom. The highest BCUT2D eigenvalue weighted by Crippen LogP contribution is 2.16. The van der Waals surface area contributed by atoms with Crippen LogP contribution in [0.2, 0.25) is 5.02 Å². The van der Waals surface area contributed by atoms with Gasteiger partial charge in [-0.15, -0.1) is 0 Å². The fraction of sp³-hybridized carbons (Fsp3) is 0.333. The van der Waals surface area contributed by atoms with Crippen LogP contribution in [0.3, 0.4) is 0 Å². The number of carbonyl (C=O) groups is 4. The zero-order valence-electron chi connectivity index (χ0n) is 12.7. The first-order valence-corrected chi connectivity index (χ1v) is 7.45. The van der Waals surface area contributed by atoms with E-state index in [-0.39, 0.29) is 12.6 Å². The topological polar surface area (TPSA) is 86.8 Å². The van der Waals surface area contributed by atoms with E-state index in [1.807, 2.05) is 0 Å². The Bertz CT molecular complexity index is 659. The highest BCUT2D eigenvalue weighted by Gasteiger charge is 2.44. The Morgan fingerprint density at radius 1 is 1.13 bits per heavy atom. The lowest BCUT2D eigenvalue weighted by atomic mass is 10.1. The zero-order valence-corrected chi connectivity index (χ0v) is 13.5. The fourth-order valence-corrected chi connectivity index (χ4v) is 2.36. The van der Waals surface area contributed by atoms with Crippen molar-refractivity contribution >= 4 is 35.4 Å². The van der Waals surface area contributed by atoms with Gasteiger partial charge in [-0.1, -0.05) is 23.7 Å². The molecule has 2 rings (SSSR count). The van der Waals surface area contributed by atoms with E-state index in [0.717, 1.165) is 10.5 Å². The molecule has 8 heteroatoms. The lowest BCUT2D eigenvalue weighted by Gasteiger charge is -2.17. The molecule has 1 atom stereocenters. The molecule has 0 saturated carbocycles. The van der Waals surface area contributed by atoms with Gasteiger partial charge in [-0.05, 0) is 31.5 Å². The molecule has 1 aromatic carbocycles. The van der Waals surface area contributed by atoms with E-state index < -0.39 is 30.3 Å². The van der Waals surface area contributed by atoms with Crippen LogP contribution in [-0.2, 0) is 14.4 Å². The van der Waals surface area contributed by atoms with E-state index >= 15 is 0 Å². The highest BCUT2D eigenvalue weighted by atomic mass is 35.5. The summed E-state index contributed by atoms with van der Waals surface area (Å²) in [5.74, 6) is -2.41. The minimum absolute atomic E-state index is 0.0860. The van der Waals surface area contributed by atoms with Crippen LogP contribution in [0.4, 0.5) is 4.79 Å². The number of nitrogens with zero attached hydrogens (tertiary/aromatic N) is 2. The summed E-state index contributed by atoms with van der Waals surface area (Å²) in [7, 11) is 0. The number of likely N-dealkylation sites (N-methyl/N-ethyl adjacent to an activating group) is 1. The van der Waals surface area contributed by atoms with Gasteiger partial charge in [0.05, 0.1) is 6.04 Å². The van der Waals surface area contributed by atoms with Crippen LogP contribution < -0.4 is 5.32 Å². The summed E-state index contributed by atoms with van der Waals surface area (Å²) < 4.78 is 0. The van der Waals surface area contributed by atoms with E-state index in [0.29, 0.717) is 9.92 Å². The van der Waals surface area contributed by atoms with Crippen molar-refractivity contribution in [3.8, 4) is 0 Å². The van der Waals surface area contributed by atoms with Gasteiger partial charge in [-0.3, -0.25) is 19.3 Å². The number of nitrogens with one attached hydrogen (secondary N) is 1. The van der Waals surface area contributed by atoms with E-state index in [9.17, 15) is 19.2 Å². The predicted molar refractivity (Wildman–Crippen MR) is 82.5 cm³/mol. The zero-order chi connectivity index (χ0) is 17.1. The summed E-state index contributed by atoms with van der Waals surface area (Å²) in [5.41, 5.74) is 0.827. The molecule has 5 amide bonds. The number of carbonyl (C=O) groups excluding carboxylic acids is 4. The predicted octanol–water partition coefficient (Wildman–Crippen LogP) is 1.33. The molecule has 23 heavy (non-hydrogen) atoms. The van der Waals surface area contributed by atoms with E-state index in [4.69, 9.17) is 11.6 Å². The number of benzene rings is 1. The molecule has 1 N–H and O–H groups in total. The van der Waals surface area contributed by atoms with Crippen molar-refractivity contribution in [1.82, 2.24) is 15.1 Å². The van der Waals surface area contributed by atoms with Crippen molar-refractivity contribution in [3.05, 3.63) is 34.9 Å². The van der Waals surface area contributed by atoms with Gasteiger partial charge < -0.3 is 5.32 Å². The van der Waals surface area contributed by atoms with Crippen molar-refractivity contribution in [2.45, 2.75) is 19.9 Å². The molecule has 1 saturated heterocycles. The van der Waals surface area contributed by atoms with Gasteiger partial charge in [0.1, 0.15) is 6.54 Å². The Labute approximate surface area is 138 Å². The summed E-state index contributed by atoms with van der Waals surface area (Å²) in [5, 5.41) is 3.26. The van der Waals surface area contributed by atoms with Crippen molar-refractivity contribution in [2.75, 3.05) is 13.1 Å². The number of imide groups is 2. The monoisotopic (exact) mass is 337 g/mol. The van der Waals surface area contributed by atoms with Gasteiger partial charge in [0.25, 0.3) is 0 Å². The third-order valence-electron chi connectivity index (χ3n) is 3.50. The summed E-state index contributed by atoms with van der Waals surface area (Å²) in [6, 6.07) is 5.83. The van der Waals surface area contributed by atoms with Crippen LogP contribution >= 0.6 is 11.6 Å². The fourth-order valence-electron chi connectivity index (χ4n) is 2.23. The summed E-state index contributed by atoms with van der Waals surface area (Å²) >= 11 is 5.80. The van der Waals surface area contributed by atoms with Crippen LogP contribution in [0, 0.1) is 0 Å². The molecule has 0 bridgehead atoms. The number of hydrogen-bond acceptors (Lipinski definition) is 4. The number of urea groups is 1. The number of amides is 5. The van der Waals surface area contributed by atoms with Gasteiger partial charge in [0, 0.05) is 11.6 Å². The lowest BCUT2D eigenvalue weighted by molar-refractivity contribution is -0.144. The smallest absolute Gasteiger partial charge is 0.334 e. The largest absolute Gasteiger partial charge is 0.348 e. The molecule has 0 aliphatic carbocycles. The first kappa shape index (κ1) is 17.0. The van der Waals surface area contributed by atoms with Crippen molar-refractivity contribution < 1.29 is 19.2 Å². The molecular formula is C15H16ClN3O4. The summed E-state index contributed by atoms with van der Waals surface area (Å²) in [6.45, 7) is 2.94. The highest BCUT2D eigenvalue weighted by molar-refractivity contribution is 6.45. The van der Waals surface area contributed by atoms with Crippen LogP contribution in [0.25, 0.3) is 0 Å². The molecule has 7 nitrogen and oxygen atoms in total. The van der Waals surface area contributed by atoms with Crippen LogP contribution in [-0.4, -0.2) is 46.6 Å². The molecule has 0 radical (unpaired) electrons. The molecule has 1 fully saturated rings. The first-order valence-electron chi connectivity index (χ1n) is 7.07. The van der Waals surface area contributed by atoms with Gasteiger partial charge in [-0.25, -0.2) is 9.69 Å². The van der Waals surface area contributed by atoms with Gasteiger partial charge in [0.2, 0.25) is 5.91 Å². The van der Waals surface area contributed by atoms with Crippen LogP contribution in [0.15, 0.2) is 24.3 Å². The molecule has 0 spiro atoms. The maximum absolute atomic E-state index is 12.0. The standard InChI is InChI=1S/C15H16ClN3O4/c1-3-18-13(21)14(22)19(15(18)23)8-12(20)17-9(2)10-4-6-11(16)7-5-10/h4-7,9H,3,8H2,1-2H3,(H,17,20)/t9-/m1/s1. The maximum Gasteiger partial charge on any atom is 0.334 e. The van der Waals surface area contributed by atoms with Gasteiger partial charge in [0.15, 0.2) is 0 Å².